The fourth-order valence-electron chi connectivity index (χ4n) is 0.343. The van der Waals surface area contributed by atoms with Gasteiger partial charge in [-0.2, -0.15) is 0 Å². The zero-order valence-corrected chi connectivity index (χ0v) is 19.2. The maximum absolute atomic E-state index is 5.52. The summed E-state index contributed by atoms with van der Waals surface area (Å²) in [5.41, 5.74) is 0. The normalized spacial score (nSPS) is 8.09. The first kappa shape index (κ1) is 15.5. The molecule has 0 aromatic rings. The SMILES string of the molecule is COC[CH2][Hg].COC[CH2][Hg][Cl]. The topological polar surface area (TPSA) is 18.5 Å². The summed E-state index contributed by atoms with van der Waals surface area (Å²) in [4.78, 5) is 0. The van der Waals surface area contributed by atoms with E-state index in [1.54, 1.807) is 14.2 Å². The molecule has 0 fully saturated rings. The molecule has 61 valence electrons. The molecule has 0 aliphatic carbocycles. The van der Waals surface area contributed by atoms with E-state index in [0.717, 1.165) is 39.3 Å². The molecule has 0 heterocycles. The Morgan fingerprint density at radius 3 is 1.91 bits per heavy atom. The van der Waals surface area contributed by atoms with E-state index in [9.17, 15) is 0 Å². The van der Waals surface area contributed by atoms with Gasteiger partial charge in [0.1, 0.15) is 0 Å². The van der Waals surface area contributed by atoms with Crippen LogP contribution in [0.3, 0.4) is 0 Å². The van der Waals surface area contributed by atoms with E-state index in [4.69, 9.17) is 17.7 Å². The summed E-state index contributed by atoms with van der Waals surface area (Å²) in [6.07, 6.45) is 0. The van der Waals surface area contributed by atoms with Gasteiger partial charge >= 0.3 is 102 Å². The zero-order valence-electron chi connectivity index (χ0n) is 7.44. The van der Waals surface area contributed by atoms with Gasteiger partial charge in [-0.1, -0.05) is 0 Å². The van der Waals surface area contributed by atoms with E-state index in [-0.39, 0.29) is 0 Å². The Balaban J connectivity index is 0. The molecule has 2 nitrogen and oxygen atoms in total. The molecule has 0 saturated heterocycles. The van der Waals surface area contributed by atoms with Crippen molar-refractivity contribution in [1.82, 2.24) is 0 Å². The molecule has 0 aromatic carbocycles. The van der Waals surface area contributed by atoms with Crippen molar-refractivity contribution in [3.05, 3.63) is 0 Å². The van der Waals surface area contributed by atoms with Gasteiger partial charge in [0.25, 0.3) is 0 Å². The van der Waals surface area contributed by atoms with Crippen LogP contribution in [0.1, 0.15) is 0 Å². The first-order valence-corrected chi connectivity index (χ1v) is 18.2. The summed E-state index contributed by atoms with van der Waals surface area (Å²) in [5.74, 6) is 0. The second kappa shape index (κ2) is 18.0. The third kappa shape index (κ3) is 24.5. The summed E-state index contributed by atoms with van der Waals surface area (Å²) in [5, 5.41) is 0. The van der Waals surface area contributed by atoms with E-state index >= 15 is 0 Å². The minimum absolute atomic E-state index is 0.821. The third-order valence-electron chi connectivity index (χ3n) is 0.831. The molecule has 0 N–H and O–H groups in total. The van der Waals surface area contributed by atoms with Crippen LogP contribution in [-0.4, -0.2) is 27.4 Å². The monoisotopic (exact) mass is 557 g/mol. The Kier molecular flexibility index (Phi) is 25.4. The summed E-state index contributed by atoms with van der Waals surface area (Å²) in [6, 6.07) is 0. The summed E-state index contributed by atoms with van der Waals surface area (Å²) < 4.78 is 12.0. The number of halogens is 1. The van der Waals surface area contributed by atoms with Crippen LogP contribution in [0.5, 0.6) is 0 Å². The molecule has 0 spiro atoms. The van der Waals surface area contributed by atoms with Gasteiger partial charge in [-0.3, -0.25) is 0 Å². The molecule has 0 rings (SSSR count). The van der Waals surface area contributed by atoms with Gasteiger partial charge in [-0.05, 0) is 0 Å². The Labute approximate surface area is 101 Å². The van der Waals surface area contributed by atoms with Gasteiger partial charge in [0.05, 0.1) is 0 Å². The number of hydrogen-bond donors (Lipinski definition) is 0. The standard InChI is InChI=1S/2C3H7O.ClH.2Hg/c2*1-3-4-2;;;/h2*1,3H2,2H3;1H;;/q;;;;+1/p-1. The predicted octanol–water partition coefficient (Wildman–Crippen LogP) is 1.89. The van der Waals surface area contributed by atoms with E-state index in [1.807, 2.05) is 0 Å². The van der Waals surface area contributed by atoms with E-state index in [0.29, 0.717) is 0 Å². The van der Waals surface area contributed by atoms with Crippen LogP contribution in [0, 0.1) is 0 Å². The van der Waals surface area contributed by atoms with Crippen molar-refractivity contribution in [3.8, 4) is 0 Å². The van der Waals surface area contributed by atoms with Crippen LogP contribution < -0.4 is 0 Å². The Morgan fingerprint density at radius 2 is 1.82 bits per heavy atom. The van der Waals surface area contributed by atoms with Gasteiger partial charge in [-0.25, -0.2) is 0 Å². The van der Waals surface area contributed by atoms with Crippen molar-refractivity contribution in [1.29, 1.82) is 0 Å². The molecule has 0 aliphatic rings. The third-order valence-corrected chi connectivity index (χ3v) is 6.46. The second-order valence-corrected chi connectivity index (χ2v) is 12.2. The molecule has 0 atom stereocenters. The van der Waals surface area contributed by atoms with Crippen LogP contribution in [0.2, 0.25) is 7.86 Å². The molecule has 0 bridgehead atoms. The molecule has 11 heavy (non-hydrogen) atoms. The van der Waals surface area contributed by atoms with Crippen LogP contribution in [0.4, 0.5) is 0 Å². The number of methoxy groups -OCH3 is 2. The summed E-state index contributed by atoms with van der Waals surface area (Å²) in [7, 11) is 8.97. The number of hydrogen-bond acceptors (Lipinski definition) is 2. The molecular formula is C6H14ClHg2O2. The van der Waals surface area contributed by atoms with E-state index in [2.05, 4.69) is 0 Å². The van der Waals surface area contributed by atoms with E-state index in [1.165, 1.54) is 7.86 Å². The van der Waals surface area contributed by atoms with Crippen LogP contribution in [0.15, 0.2) is 0 Å². The first-order chi connectivity index (χ1) is 5.33. The molecule has 0 aliphatic heterocycles. The summed E-state index contributed by atoms with van der Waals surface area (Å²) >= 11 is 0.127. The summed E-state index contributed by atoms with van der Waals surface area (Å²) in [6.45, 7) is 1.86. The molecule has 0 radical (unpaired) electrons. The van der Waals surface area contributed by atoms with E-state index < -0.39 is 23.3 Å². The van der Waals surface area contributed by atoms with Gasteiger partial charge < -0.3 is 0 Å². The van der Waals surface area contributed by atoms with Crippen molar-refractivity contribution in [3.63, 3.8) is 0 Å². The Bertz CT molecular complexity index is 51.8. The van der Waals surface area contributed by atoms with Crippen molar-refractivity contribution in [2.75, 3.05) is 27.4 Å². The molecule has 5 heteroatoms. The average Bonchev–Trinajstić information content (AvgIpc) is 2.04. The quantitative estimate of drug-likeness (QED) is 0.382. The fourth-order valence-corrected chi connectivity index (χ4v) is 3.97. The second-order valence-electron chi connectivity index (χ2n) is 1.88. The number of rotatable bonds is 5. The minimum atomic E-state index is -0.821. The maximum atomic E-state index is 5.52. The Hall–Kier alpha value is 2.08. The average molecular weight is 555 g/mol. The molecule has 0 amide bonds. The first-order valence-electron chi connectivity index (χ1n) is 3.66. The van der Waals surface area contributed by atoms with Crippen LogP contribution >= 0.6 is 8.25 Å². The van der Waals surface area contributed by atoms with Crippen molar-refractivity contribution < 1.29 is 58.9 Å². The van der Waals surface area contributed by atoms with Crippen molar-refractivity contribution in [2.45, 2.75) is 7.86 Å². The van der Waals surface area contributed by atoms with Gasteiger partial charge in [0, 0.05) is 0 Å². The van der Waals surface area contributed by atoms with Crippen molar-refractivity contribution >= 4 is 8.25 Å². The molecular weight excluding hydrogens is 541 g/mol. The molecule has 0 aromatic heterocycles. The van der Waals surface area contributed by atoms with Gasteiger partial charge in [0.15, 0.2) is 0 Å². The molecule has 0 saturated carbocycles. The predicted molar refractivity (Wildman–Crippen MR) is 39.2 cm³/mol. The van der Waals surface area contributed by atoms with Gasteiger partial charge in [-0.15, -0.1) is 0 Å². The zero-order chi connectivity index (χ0) is 8.95. The Morgan fingerprint density at radius 1 is 1.27 bits per heavy atom. The number of ether oxygens (including phenoxy) is 2. The van der Waals surface area contributed by atoms with Crippen LogP contribution in [-0.2, 0) is 58.9 Å². The van der Waals surface area contributed by atoms with Gasteiger partial charge in [0.2, 0.25) is 0 Å². The molecule has 0 unspecified atom stereocenters. The fraction of sp³-hybridized carbons (Fsp3) is 1.00. The van der Waals surface area contributed by atoms with Crippen LogP contribution in [0.25, 0.3) is 0 Å². The van der Waals surface area contributed by atoms with Crippen molar-refractivity contribution in [2.24, 2.45) is 0 Å².